The van der Waals surface area contributed by atoms with Crippen molar-refractivity contribution >= 4 is 11.9 Å². The summed E-state index contributed by atoms with van der Waals surface area (Å²) in [5.74, 6) is -2.47. The maximum atomic E-state index is 12.3. The van der Waals surface area contributed by atoms with E-state index in [0.717, 1.165) is 43.5 Å². The minimum absolute atomic E-state index is 0.288. The zero-order chi connectivity index (χ0) is 28.2. The second kappa shape index (κ2) is 21.1. The monoisotopic (exact) mass is 533 g/mol. The summed E-state index contributed by atoms with van der Waals surface area (Å²) in [6.07, 6.45) is 25.1. The Morgan fingerprint density at radius 1 is 0.553 bits per heavy atom. The molecule has 1 aliphatic rings. The van der Waals surface area contributed by atoms with Gasteiger partial charge in [0, 0.05) is 23.9 Å². The van der Waals surface area contributed by atoms with Crippen molar-refractivity contribution < 1.29 is 19.8 Å². The summed E-state index contributed by atoms with van der Waals surface area (Å²) in [4.78, 5) is 26.6. The van der Waals surface area contributed by atoms with E-state index in [9.17, 15) is 19.8 Å². The van der Waals surface area contributed by atoms with Gasteiger partial charge in [-0.05, 0) is 26.7 Å². The third-order valence-electron chi connectivity index (χ3n) is 8.33. The number of carboxylic acid groups (broad SMARTS) is 2. The van der Waals surface area contributed by atoms with Crippen molar-refractivity contribution in [2.45, 2.75) is 163 Å². The predicted octanol–water partition coefficient (Wildman–Crippen LogP) is 9.87. The summed E-state index contributed by atoms with van der Waals surface area (Å²) in [7, 11) is 0. The van der Waals surface area contributed by atoms with Crippen LogP contribution in [0.5, 0.6) is 0 Å². The smallest absolute Gasteiger partial charge is 0.333 e. The summed E-state index contributed by atoms with van der Waals surface area (Å²) in [6, 6.07) is 0. The van der Waals surface area contributed by atoms with Gasteiger partial charge in [0.2, 0.25) is 0 Å². The Labute approximate surface area is 234 Å². The van der Waals surface area contributed by atoms with Crippen molar-refractivity contribution in [2.24, 2.45) is 5.92 Å². The number of rotatable bonds is 24. The third-order valence-corrected chi connectivity index (χ3v) is 8.33. The zero-order valence-corrected chi connectivity index (χ0v) is 25.3. The molecule has 0 aromatic heterocycles. The second-order valence-corrected chi connectivity index (χ2v) is 11.5. The molecule has 38 heavy (non-hydrogen) atoms. The van der Waals surface area contributed by atoms with Crippen LogP contribution < -0.4 is 0 Å². The number of aliphatic carboxylic acids is 2. The van der Waals surface area contributed by atoms with Gasteiger partial charge >= 0.3 is 11.9 Å². The highest BCUT2D eigenvalue weighted by Crippen LogP contribution is 2.38. The first kappa shape index (κ1) is 34.2. The lowest BCUT2D eigenvalue weighted by molar-refractivity contribution is -0.134. The van der Waals surface area contributed by atoms with Gasteiger partial charge in [-0.2, -0.15) is 0 Å². The molecule has 0 aromatic carbocycles. The fraction of sp³-hybridized carbons (Fsp3) is 0.818. The van der Waals surface area contributed by atoms with Crippen LogP contribution >= 0.6 is 0 Å². The molecule has 0 saturated carbocycles. The lowest BCUT2D eigenvalue weighted by Crippen LogP contribution is -2.35. The first-order valence-electron chi connectivity index (χ1n) is 16.0. The van der Waals surface area contributed by atoms with Crippen molar-refractivity contribution in [3.63, 3.8) is 0 Å². The highest BCUT2D eigenvalue weighted by atomic mass is 16.4. The largest absolute Gasteiger partial charge is 0.478 e. The molecule has 0 aromatic rings. The summed E-state index contributed by atoms with van der Waals surface area (Å²) in [5, 5.41) is 20.2. The van der Waals surface area contributed by atoms with Crippen molar-refractivity contribution in [2.75, 3.05) is 6.54 Å². The summed E-state index contributed by atoms with van der Waals surface area (Å²) >= 11 is 0. The van der Waals surface area contributed by atoms with Gasteiger partial charge in [-0.1, -0.05) is 136 Å². The Morgan fingerprint density at radius 2 is 0.868 bits per heavy atom. The maximum Gasteiger partial charge on any atom is 0.333 e. The van der Waals surface area contributed by atoms with Crippen LogP contribution in [0.3, 0.4) is 0 Å². The highest BCUT2D eigenvalue weighted by molar-refractivity contribution is 5.96. The summed E-state index contributed by atoms with van der Waals surface area (Å²) in [5.41, 5.74) is 2.04. The van der Waals surface area contributed by atoms with Crippen LogP contribution in [0.1, 0.15) is 163 Å². The van der Waals surface area contributed by atoms with Gasteiger partial charge in [-0.25, -0.2) is 9.59 Å². The maximum absolute atomic E-state index is 12.3. The summed E-state index contributed by atoms with van der Waals surface area (Å²) in [6.45, 7) is 8.91. The number of hydrogen-bond acceptors (Lipinski definition) is 3. The molecule has 0 bridgehead atoms. The molecule has 0 aliphatic carbocycles. The van der Waals surface area contributed by atoms with Crippen LogP contribution in [0.4, 0.5) is 0 Å². The average molecular weight is 534 g/mol. The molecule has 0 fully saturated rings. The van der Waals surface area contributed by atoms with E-state index < -0.39 is 17.9 Å². The fourth-order valence-corrected chi connectivity index (χ4v) is 6.02. The van der Waals surface area contributed by atoms with E-state index in [0.29, 0.717) is 13.0 Å². The van der Waals surface area contributed by atoms with Crippen LogP contribution in [0, 0.1) is 5.92 Å². The minimum atomic E-state index is -0.973. The molecule has 1 aliphatic heterocycles. The Balaban J connectivity index is 2.58. The molecule has 1 rings (SSSR count). The van der Waals surface area contributed by atoms with Gasteiger partial charge in [-0.15, -0.1) is 0 Å². The number of carbonyl (C=O) groups is 2. The lowest BCUT2D eigenvalue weighted by Gasteiger charge is -2.37. The van der Waals surface area contributed by atoms with Gasteiger partial charge in [-0.3, -0.25) is 0 Å². The van der Waals surface area contributed by atoms with Gasteiger partial charge in [0.05, 0.1) is 11.1 Å². The number of allylic oxidation sites excluding steroid dienone is 2. The van der Waals surface area contributed by atoms with Crippen LogP contribution in [-0.4, -0.2) is 33.6 Å². The van der Waals surface area contributed by atoms with Crippen LogP contribution in [0.25, 0.3) is 0 Å². The van der Waals surface area contributed by atoms with E-state index in [4.69, 9.17) is 0 Å². The average Bonchev–Trinajstić information content (AvgIpc) is 2.87. The Morgan fingerprint density at radius 3 is 1.21 bits per heavy atom. The van der Waals surface area contributed by atoms with E-state index in [2.05, 4.69) is 13.8 Å². The molecule has 2 N–H and O–H groups in total. The van der Waals surface area contributed by atoms with Gasteiger partial charge in [0.25, 0.3) is 0 Å². The normalized spacial score (nSPS) is 14.6. The third kappa shape index (κ3) is 12.8. The first-order chi connectivity index (χ1) is 18.4. The van der Waals surface area contributed by atoms with Crippen LogP contribution in [0.15, 0.2) is 22.5 Å². The minimum Gasteiger partial charge on any atom is -0.478 e. The molecule has 0 amide bonds. The van der Waals surface area contributed by atoms with Crippen LogP contribution in [-0.2, 0) is 9.59 Å². The van der Waals surface area contributed by atoms with E-state index in [1.807, 2.05) is 18.7 Å². The van der Waals surface area contributed by atoms with Crippen LogP contribution in [0.2, 0.25) is 0 Å². The Bertz CT molecular complexity index is 701. The van der Waals surface area contributed by atoms with Crippen molar-refractivity contribution in [3.05, 3.63) is 22.5 Å². The number of unbranched alkanes of at least 4 members (excludes halogenated alkanes) is 18. The molecule has 0 unspecified atom stereocenters. The van der Waals surface area contributed by atoms with Crippen molar-refractivity contribution in [1.29, 1.82) is 0 Å². The zero-order valence-electron chi connectivity index (χ0n) is 25.3. The lowest BCUT2D eigenvalue weighted by atomic mass is 9.81. The summed E-state index contributed by atoms with van der Waals surface area (Å²) < 4.78 is 0. The molecular weight excluding hydrogens is 474 g/mol. The van der Waals surface area contributed by atoms with E-state index in [1.54, 1.807) is 0 Å². The Kier molecular flexibility index (Phi) is 19.0. The molecule has 0 saturated heterocycles. The van der Waals surface area contributed by atoms with Crippen molar-refractivity contribution in [3.8, 4) is 0 Å². The standard InChI is InChI=1S/C33H59NO4/c1-5-7-9-11-13-15-17-19-21-23-25-29-30(32(35)36)27(3)34(28(4)31(29)33(37)38)26-24-22-20-18-16-14-12-10-8-6-2/h29H,5-26H2,1-4H3,(H,35,36)(H,37,38). The molecule has 1 heterocycles. The van der Waals surface area contributed by atoms with Gasteiger partial charge in [0.1, 0.15) is 0 Å². The molecule has 5 nitrogen and oxygen atoms in total. The topological polar surface area (TPSA) is 77.8 Å². The first-order valence-corrected chi connectivity index (χ1v) is 16.0. The van der Waals surface area contributed by atoms with Gasteiger partial charge in [0.15, 0.2) is 0 Å². The molecule has 0 spiro atoms. The number of carboxylic acids is 2. The fourth-order valence-electron chi connectivity index (χ4n) is 6.02. The number of nitrogens with zero attached hydrogens (tertiary/aromatic N) is 1. The van der Waals surface area contributed by atoms with E-state index >= 15 is 0 Å². The Hall–Kier alpha value is -1.78. The van der Waals surface area contributed by atoms with E-state index in [1.165, 1.54) is 96.3 Å². The molecule has 0 atom stereocenters. The molecule has 220 valence electrons. The predicted molar refractivity (Wildman–Crippen MR) is 159 cm³/mol. The quantitative estimate of drug-likeness (QED) is 0.121. The van der Waals surface area contributed by atoms with E-state index in [-0.39, 0.29) is 11.1 Å². The number of hydrogen-bond donors (Lipinski definition) is 2. The van der Waals surface area contributed by atoms with Crippen molar-refractivity contribution in [1.82, 2.24) is 4.90 Å². The SMILES string of the molecule is CCCCCCCCCCCCC1C(C(=O)O)=C(C)N(CCCCCCCCCCCC)C(C)=C1C(=O)O. The van der Waals surface area contributed by atoms with Gasteiger partial charge < -0.3 is 15.1 Å². The molecular formula is C33H59NO4. The molecule has 5 heteroatoms. The molecule has 0 radical (unpaired) electrons. The second-order valence-electron chi connectivity index (χ2n) is 11.5. The highest BCUT2D eigenvalue weighted by Gasteiger charge is 2.37.